The number of thiophene rings is 1. The minimum Gasteiger partial charge on any atom is -0.491 e. The van der Waals surface area contributed by atoms with E-state index >= 15 is 0 Å². The van der Waals surface area contributed by atoms with E-state index in [4.69, 9.17) is 9.47 Å². The number of carbonyl (C=O) groups is 1. The van der Waals surface area contributed by atoms with Gasteiger partial charge < -0.3 is 19.5 Å². The van der Waals surface area contributed by atoms with Gasteiger partial charge in [-0.1, -0.05) is 0 Å². The maximum Gasteiger partial charge on any atom is 0.237 e. The standard InChI is InChI=1S/C26H35FN2O4S/c1-18(2)32-16-21(30)14-28(13-19-3-4-19)15-26(31)29-11-9-25-23(10-12-34-25)24(29)17-33-22-7-5-20(27)6-8-22/h5-8,10,12,18-19,21,24,30H,3-4,9,11,13-17H2,1-2H3/t21-,24-/m1/s1. The number of hydrogen-bond donors (Lipinski definition) is 1. The first kappa shape index (κ1) is 25.1. The number of benzene rings is 1. The highest BCUT2D eigenvalue weighted by molar-refractivity contribution is 7.10. The Morgan fingerprint density at radius 2 is 2.03 bits per heavy atom. The third-order valence-corrected chi connectivity index (χ3v) is 7.30. The van der Waals surface area contributed by atoms with Crippen LogP contribution in [0.3, 0.4) is 0 Å². The summed E-state index contributed by atoms with van der Waals surface area (Å²) < 4.78 is 24.8. The number of halogens is 1. The van der Waals surface area contributed by atoms with Crippen LogP contribution in [0.2, 0.25) is 0 Å². The molecular weight excluding hydrogens is 455 g/mol. The predicted octanol–water partition coefficient (Wildman–Crippen LogP) is 3.89. The van der Waals surface area contributed by atoms with Gasteiger partial charge in [-0.2, -0.15) is 0 Å². The van der Waals surface area contributed by atoms with Crippen LogP contribution < -0.4 is 4.74 Å². The zero-order chi connectivity index (χ0) is 24.1. The van der Waals surface area contributed by atoms with Gasteiger partial charge in [0.15, 0.2) is 0 Å². The number of hydrogen-bond acceptors (Lipinski definition) is 6. The molecule has 2 atom stereocenters. The van der Waals surface area contributed by atoms with E-state index in [1.54, 1.807) is 23.5 Å². The Bertz CT molecular complexity index is 931. The maximum atomic E-state index is 13.5. The van der Waals surface area contributed by atoms with Gasteiger partial charge in [-0.15, -0.1) is 11.3 Å². The van der Waals surface area contributed by atoms with E-state index in [1.165, 1.54) is 29.9 Å². The minimum atomic E-state index is -0.628. The summed E-state index contributed by atoms with van der Waals surface area (Å²) in [4.78, 5) is 18.8. The molecular formula is C26H35FN2O4S. The van der Waals surface area contributed by atoms with Crippen LogP contribution in [0.15, 0.2) is 35.7 Å². The van der Waals surface area contributed by atoms with Crippen LogP contribution >= 0.6 is 11.3 Å². The van der Waals surface area contributed by atoms with Crippen LogP contribution in [0.1, 0.15) is 43.2 Å². The lowest BCUT2D eigenvalue weighted by Gasteiger charge is -2.37. The minimum absolute atomic E-state index is 0.0437. The van der Waals surface area contributed by atoms with Crippen LogP contribution in [0.25, 0.3) is 0 Å². The van der Waals surface area contributed by atoms with Crippen molar-refractivity contribution in [3.05, 3.63) is 52.0 Å². The summed E-state index contributed by atoms with van der Waals surface area (Å²) in [6.07, 6.45) is 2.62. The van der Waals surface area contributed by atoms with E-state index in [-0.39, 0.29) is 37.0 Å². The van der Waals surface area contributed by atoms with E-state index in [0.29, 0.717) is 31.4 Å². The highest BCUT2D eigenvalue weighted by atomic mass is 32.1. The normalized spacial score (nSPS) is 18.9. The molecule has 2 heterocycles. The lowest BCUT2D eigenvalue weighted by molar-refractivity contribution is -0.136. The molecule has 2 aliphatic rings. The maximum absolute atomic E-state index is 13.5. The number of amides is 1. The predicted molar refractivity (Wildman–Crippen MR) is 131 cm³/mol. The van der Waals surface area contributed by atoms with Crippen LogP contribution in [0.5, 0.6) is 5.75 Å². The summed E-state index contributed by atoms with van der Waals surface area (Å²) in [5.74, 6) is 0.925. The van der Waals surface area contributed by atoms with Crippen LogP contribution in [0, 0.1) is 11.7 Å². The number of aliphatic hydroxyl groups excluding tert-OH is 1. The molecule has 1 aromatic carbocycles. The molecule has 1 aliphatic carbocycles. The zero-order valence-electron chi connectivity index (χ0n) is 20.0. The molecule has 1 N–H and O–H groups in total. The summed E-state index contributed by atoms with van der Waals surface area (Å²) in [5.41, 5.74) is 1.13. The van der Waals surface area contributed by atoms with Crippen molar-refractivity contribution in [2.45, 2.75) is 51.4 Å². The van der Waals surface area contributed by atoms with E-state index < -0.39 is 6.10 Å². The second-order valence-electron chi connectivity index (χ2n) is 9.59. The molecule has 0 bridgehead atoms. The number of aliphatic hydroxyl groups is 1. The highest BCUT2D eigenvalue weighted by Gasteiger charge is 2.34. The third kappa shape index (κ3) is 7.01. The largest absolute Gasteiger partial charge is 0.491 e. The zero-order valence-corrected chi connectivity index (χ0v) is 20.8. The van der Waals surface area contributed by atoms with E-state index in [0.717, 1.165) is 18.5 Å². The molecule has 2 aromatic rings. The van der Waals surface area contributed by atoms with E-state index in [1.807, 2.05) is 18.7 Å². The summed E-state index contributed by atoms with van der Waals surface area (Å²) in [6.45, 7) is 6.62. The first-order valence-electron chi connectivity index (χ1n) is 12.1. The lowest BCUT2D eigenvalue weighted by Crippen LogP contribution is -2.48. The van der Waals surface area contributed by atoms with Crippen molar-refractivity contribution in [1.82, 2.24) is 9.80 Å². The SMILES string of the molecule is CC(C)OC[C@H](O)CN(CC(=O)N1CCc2sccc2[C@H]1COc1ccc(F)cc1)CC1CC1. The topological polar surface area (TPSA) is 62.2 Å². The molecule has 0 radical (unpaired) electrons. The van der Waals surface area contributed by atoms with Gasteiger partial charge in [0.1, 0.15) is 18.2 Å². The van der Waals surface area contributed by atoms with Crippen molar-refractivity contribution in [1.29, 1.82) is 0 Å². The molecule has 1 saturated carbocycles. The Labute approximate surface area is 205 Å². The number of fused-ring (bicyclic) bond motifs is 1. The molecule has 34 heavy (non-hydrogen) atoms. The van der Waals surface area contributed by atoms with Gasteiger partial charge in [-0.25, -0.2) is 4.39 Å². The van der Waals surface area contributed by atoms with Gasteiger partial charge in [0.2, 0.25) is 5.91 Å². The van der Waals surface area contributed by atoms with Gasteiger partial charge in [0, 0.05) is 24.5 Å². The summed E-state index contributed by atoms with van der Waals surface area (Å²) in [7, 11) is 0. The van der Waals surface area contributed by atoms with Crippen molar-refractivity contribution in [3.63, 3.8) is 0 Å². The molecule has 1 amide bonds. The smallest absolute Gasteiger partial charge is 0.237 e. The van der Waals surface area contributed by atoms with Gasteiger partial charge >= 0.3 is 0 Å². The summed E-state index contributed by atoms with van der Waals surface area (Å²) in [6, 6.07) is 7.85. The van der Waals surface area contributed by atoms with Gasteiger partial charge in [-0.05, 0) is 80.3 Å². The fraction of sp³-hybridized carbons (Fsp3) is 0.577. The van der Waals surface area contributed by atoms with E-state index in [9.17, 15) is 14.3 Å². The average molecular weight is 491 g/mol. The highest BCUT2D eigenvalue weighted by Crippen LogP contribution is 2.34. The summed E-state index contributed by atoms with van der Waals surface area (Å²) in [5, 5.41) is 12.5. The van der Waals surface area contributed by atoms with Crippen molar-refractivity contribution < 1.29 is 23.8 Å². The number of ether oxygens (including phenoxy) is 2. The molecule has 0 spiro atoms. The first-order chi connectivity index (χ1) is 16.4. The molecule has 0 saturated heterocycles. The van der Waals surface area contributed by atoms with Crippen LogP contribution in [0.4, 0.5) is 4.39 Å². The Balaban J connectivity index is 1.42. The van der Waals surface area contributed by atoms with E-state index in [2.05, 4.69) is 16.3 Å². The van der Waals surface area contributed by atoms with Gasteiger partial charge in [0.25, 0.3) is 0 Å². The van der Waals surface area contributed by atoms with Crippen molar-refractivity contribution in [2.75, 3.05) is 39.4 Å². The molecule has 1 aliphatic heterocycles. The second-order valence-corrected chi connectivity index (χ2v) is 10.6. The Kier molecular flexibility index (Phi) is 8.58. The Hall–Kier alpha value is -2.00. The number of carbonyl (C=O) groups excluding carboxylic acids is 1. The van der Waals surface area contributed by atoms with Crippen LogP contribution in [-0.2, 0) is 16.0 Å². The molecule has 0 unspecified atom stereocenters. The van der Waals surface area contributed by atoms with Crippen LogP contribution in [-0.4, -0.2) is 72.4 Å². The second kappa shape index (κ2) is 11.6. The monoisotopic (exact) mass is 490 g/mol. The molecule has 4 rings (SSSR count). The van der Waals surface area contributed by atoms with Crippen molar-refractivity contribution >= 4 is 17.2 Å². The Morgan fingerprint density at radius 1 is 1.26 bits per heavy atom. The number of nitrogens with zero attached hydrogens (tertiary/aromatic N) is 2. The van der Waals surface area contributed by atoms with Crippen molar-refractivity contribution in [2.24, 2.45) is 5.92 Å². The first-order valence-corrected chi connectivity index (χ1v) is 13.0. The molecule has 1 aromatic heterocycles. The fourth-order valence-corrected chi connectivity index (χ4v) is 5.31. The molecule has 6 nitrogen and oxygen atoms in total. The molecule has 1 fully saturated rings. The quantitative estimate of drug-likeness (QED) is 0.489. The Morgan fingerprint density at radius 3 is 2.74 bits per heavy atom. The fourth-order valence-electron chi connectivity index (χ4n) is 4.39. The lowest BCUT2D eigenvalue weighted by atomic mass is 10.0. The van der Waals surface area contributed by atoms with Gasteiger partial charge in [0.05, 0.1) is 31.4 Å². The molecule has 186 valence electrons. The average Bonchev–Trinajstić information content (AvgIpc) is 3.48. The van der Waals surface area contributed by atoms with Gasteiger partial charge in [-0.3, -0.25) is 9.69 Å². The molecule has 8 heteroatoms. The third-order valence-electron chi connectivity index (χ3n) is 6.30. The summed E-state index contributed by atoms with van der Waals surface area (Å²) >= 11 is 1.71. The number of rotatable bonds is 12. The van der Waals surface area contributed by atoms with Crippen molar-refractivity contribution in [3.8, 4) is 5.75 Å².